The molecule has 2 aliphatic rings. The van der Waals surface area contributed by atoms with Gasteiger partial charge < -0.3 is 14.2 Å². The summed E-state index contributed by atoms with van der Waals surface area (Å²) in [6.07, 6.45) is 2.96. The van der Waals surface area contributed by atoms with Crippen LogP contribution in [0.5, 0.6) is 5.75 Å². The molecule has 1 fully saturated rings. The van der Waals surface area contributed by atoms with Crippen LogP contribution in [0.2, 0.25) is 20.1 Å². The standard InChI is InChI=1S/C22H18Cl4O4/c23-15-7-8-17(25)21(26)14(15)10-28-12-5-6-13-19(9-12)29-11-20(22(13)27)30-18-4-2-1-3-16(18)24/h1-4,7-8,11-13,19H,5-6,9-10H2. The molecule has 0 bridgehead atoms. The van der Waals surface area contributed by atoms with E-state index in [0.717, 1.165) is 0 Å². The Bertz CT molecular complexity index is 991. The highest BCUT2D eigenvalue weighted by atomic mass is 35.5. The van der Waals surface area contributed by atoms with Crippen molar-refractivity contribution in [1.29, 1.82) is 0 Å². The van der Waals surface area contributed by atoms with Gasteiger partial charge in [-0.1, -0.05) is 58.5 Å². The first-order valence-corrected chi connectivity index (χ1v) is 11.0. The highest BCUT2D eigenvalue weighted by molar-refractivity contribution is 6.44. The lowest BCUT2D eigenvalue weighted by Gasteiger charge is -2.37. The Morgan fingerprint density at radius 1 is 0.967 bits per heavy atom. The molecule has 0 saturated heterocycles. The number of halogens is 4. The molecule has 2 aromatic rings. The van der Waals surface area contributed by atoms with Crippen LogP contribution in [0.15, 0.2) is 48.4 Å². The number of fused-ring (bicyclic) bond motifs is 1. The van der Waals surface area contributed by atoms with E-state index in [9.17, 15) is 4.79 Å². The first-order chi connectivity index (χ1) is 14.4. The van der Waals surface area contributed by atoms with Gasteiger partial charge in [-0.15, -0.1) is 0 Å². The van der Waals surface area contributed by atoms with Crippen molar-refractivity contribution in [3.63, 3.8) is 0 Å². The topological polar surface area (TPSA) is 44.8 Å². The normalized spacial score (nSPS) is 23.4. The van der Waals surface area contributed by atoms with E-state index in [1.54, 1.807) is 36.4 Å². The van der Waals surface area contributed by atoms with Crippen molar-refractivity contribution in [3.05, 3.63) is 74.1 Å². The quantitative estimate of drug-likeness (QED) is 0.431. The van der Waals surface area contributed by atoms with Gasteiger partial charge >= 0.3 is 0 Å². The minimum absolute atomic E-state index is 0.0782. The average molecular weight is 488 g/mol. The summed E-state index contributed by atoms with van der Waals surface area (Å²) in [5.74, 6) is 0.241. The van der Waals surface area contributed by atoms with Crippen LogP contribution < -0.4 is 4.74 Å². The van der Waals surface area contributed by atoms with Gasteiger partial charge in [-0.2, -0.15) is 0 Å². The Labute approximate surface area is 194 Å². The third-order valence-corrected chi connectivity index (χ3v) is 6.84. The molecule has 1 aliphatic carbocycles. The molecule has 1 heterocycles. The molecule has 1 aliphatic heterocycles. The second kappa shape index (κ2) is 9.37. The van der Waals surface area contributed by atoms with Crippen LogP contribution in [0.4, 0.5) is 0 Å². The number of rotatable bonds is 5. The van der Waals surface area contributed by atoms with Gasteiger partial charge in [0.05, 0.1) is 33.7 Å². The lowest BCUT2D eigenvalue weighted by atomic mass is 9.80. The molecule has 8 heteroatoms. The lowest BCUT2D eigenvalue weighted by Crippen LogP contribution is -2.42. The van der Waals surface area contributed by atoms with Crippen molar-refractivity contribution in [2.45, 2.75) is 38.1 Å². The minimum Gasteiger partial charge on any atom is -0.493 e. The summed E-state index contributed by atoms with van der Waals surface area (Å²) in [4.78, 5) is 12.9. The van der Waals surface area contributed by atoms with E-state index in [2.05, 4.69) is 0 Å². The van der Waals surface area contributed by atoms with Gasteiger partial charge in [0.25, 0.3) is 0 Å². The molecule has 0 aromatic heterocycles. The number of ketones is 1. The summed E-state index contributed by atoms with van der Waals surface area (Å²) in [5.41, 5.74) is 0.656. The van der Waals surface area contributed by atoms with Crippen LogP contribution in [0, 0.1) is 5.92 Å². The summed E-state index contributed by atoms with van der Waals surface area (Å²) >= 11 is 24.6. The third-order valence-electron chi connectivity index (χ3n) is 5.33. The molecular formula is C22H18Cl4O4. The van der Waals surface area contributed by atoms with Crippen LogP contribution >= 0.6 is 46.4 Å². The fourth-order valence-electron chi connectivity index (χ4n) is 3.71. The van der Waals surface area contributed by atoms with Crippen molar-refractivity contribution in [1.82, 2.24) is 0 Å². The second-order valence-electron chi connectivity index (χ2n) is 7.23. The van der Waals surface area contributed by atoms with E-state index in [-0.39, 0.29) is 36.3 Å². The van der Waals surface area contributed by atoms with Gasteiger partial charge in [-0.3, -0.25) is 4.79 Å². The van der Waals surface area contributed by atoms with Crippen LogP contribution in [0.25, 0.3) is 0 Å². The molecule has 4 nitrogen and oxygen atoms in total. The number of para-hydroxylation sites is 1. The molecule has 0 amide bonds. The summed E-state index contributed by atoms with van der Waals surface area (Å²) in [7, 11) is 0. The molecule has 0 radical (unpaired) electrons. The van der Waals surface area contributed by atoms with Crippen LogP contribution in [0.1, 0.15) is 24.8 Å². The predicted octanol–water partition coefficient (Wildman–Crippen LogP) is 6.87. The fourth-order valence-corrected chi connectivity index (χ4v) is 4.54. The predicted molar refractivity (Wildman–Crippen MR) is 117 cm³/mol. The number of hydrogen-bond acceptors (Lipinski definition) is 4. The molecular weight excluding hydrogens is 470 g/mol. The highest BCUT2D eigenvalue weighted by Gasteiger charge is 2.41. The van der Waals surface area contributed by atoms with Crippen LogP contribution in [-0.4, -0.2) is 18.0 Å². The summed E-state index contributed by atoms with van der Waals surface area (Å²) < 4.78 is 17.5. The molecule has 3 unspecified atom stereocenters. The second-order valence-corrected chi connectivity index (χ2v) is 8.83. The van der Waals surface area contributed by atoms with Gasteiger partial charge in [-0.25, -0.2) is 0 Å². The maximum atomic E-state index is 12.9. The third kappa shape index (κ3) is 4.58. The van der Waals surface area contributed by atoms with Crippen molar-refractivity contribution >= 4 is 52.2 Å². The van der Waals surface area contributed by atoms with Gasteiger partial charge in [0, 0.05) is 17.0 Å². The zero-order valence-corrected chi connectivity index (χ0v) is 18.8. The van der Waals surface area contributed by atoms with E-state index < -0.39 is 0 Å². The maximum absolute atomic E-state index is 12.9. The fraction of sp³-hybridized carbons (Fsp3) is 0.318. The number of hydrogen-bond donors (Lipinski definition) is 0. The Morgan fingerprint density at radius 3 is 2.53 bits per heavy atom. The summed E-state index contributed by atoms with van der Waals surface area (Å²) in [6, 6.07) is 10.3. The first-order valence-electron chi connectivity index (χ1n) is 9.50. The number of allylic oxidation sites excluding steroid dienone is 1. The van der Waals surface area contributed by atoms with Crippen LogP contribution in [-0.2, 0) is 20.9 Å². The number of carbonyl (C=O) groups is 1. The van der Waals surface area contributed by atoms with E-state index in [0.29, 0.717) is 50.7 Å². The molecule has 2 aromatic carbocycles. The number of ether oxygens (including phenoxy) is 3. The van der Waals surface area contributed by atoms with E-state index >= 15 is 0 Å². The molecule has 0 spiro atoms. The van der Waals surface area contributed by atoms with E-state index in [1.807, 2.05) is 0 Å². The van der Waals surface area contributed by atoms with Gasteiger partial charge in [0.2, 0.25) is 11.5 Å². The highest BCUT2D eigenvalue weighted by Crippen LogP contribution is 2.37. The number of Topliss-reactive ketones (excluding diaryl/α,β-unsaturated/α-hetero) is 1. The van der Waals surface area contributed by atoms with Crippen molar-refractivity contribution < 1.29 is 19.0 Å². The number of carbonyl (C=O) groups excluding carboxylic acids is 1. The molecule has 4 rings (SSSR count). The maximum Gasteiger partial charge on any atom is 0.208 e. The SMILES string of the molecule is O=C1C(Oc2ccccc2Cl)=COC2CC(OCc3c(Cl)ccc(Cl)c3Cl)CCC12. The summed E-state index contributed by atoms with van der Waals surface area (Å²) in [6.45, 7) is 0.241. The smallest absolute Gasteiger partial charge is 0.208 e. The van der Waals surface area contributed by atoms with E-state index in [1.165, 1.54) is 6.26 Å². The largest absolute Gasteiger partial charge is 0.493 e. The monoisotopic (exact) mass is 486 g/mol. The van der Waals surface area contributed by atoms with Gasteiger partial charge in [0.1, 0.15) is 18.1 Å². The molecule has 1 saturated carbocycles. The Kier molecular flexibility index (Phi) is 6.81. The van der Waals surface area contributed by atoms with Crippen molar-refractivity contribution in [3.8, 4) is 5.75 Å². The number of benzene rings is 2. The van der Waals surface area contributed by atoms with Crippen molar-refractivity contribution in [2.24, 2.45) is 5.92 Å². The van der Waals surface area contributed by atoms with Gasteiger partial charge in [-0.05, 0) is 37.1 Å². The van der Waals surface area contributed by atoms with Crippen LogP contribution in [0.3, 0.4) is 0 Å². The first kappa shape index (κ1) is 21.8. The zero-order chi connectivity index (χ0) is 21.3. The average Bonchev–Trinajstić information content (AvgIpc) is 2.74. The lowest BCUT2D eigenvalue weighted by molar-refractivity contribution is -0.134. The Hall–Kier alpha value is -1.43. The Balaban J connectivity index is 1.39. The minimum atomic E-state index is -0.273. The van der Waals surface area contributed by atoms with Crippen molar-refractivity contribution in [2.75, 3.05) is 0 Å². The summed E-state index contributed by atoms with van der Waals surface area (Å²) in [5, 5.41) is 1.77. The molecule has 0 N–H and O–H groups in total. The molecule has 3 atom stereocenters. The van der Waals surface area contributed by atoms with E-state index in [4.69, 9.17) is 60.6 Å². The zero-order valence-electron chi connectivity index (χ0n) is 15.7. The van der Waals surface area contributed by atoms with Gasteiger partial charge in [0.15, 0.2) is 0 Å². The molecule has 158 valence electrons. The Morgan fingerprint density at radius 2 is 1.73 bits per heavy atom. The molecule has 30 heavy (non-hydrogen) atoms.